The van der Waals surface area contributed by atoms with E-state index in [2.05, 4.69) is 15.3 Å². The minimum atomic E-state index is 0.586. The maximum Gasteiger partial charge on any atom is 0.218 e. The van der Waals surface area contributed by atoms with Crippen LogP contribution in [0, 0.1) is 13.8 Å². The Kier molecular flexibility index (Phi) is 3.82. The van der Waals surface area contributed by atoms with E-state index < -0.39 is 0 Å². The summed E-state index contributed by atoms with van der Waals surface area (Å²) in [5.41, 5.74) is 0. The SMILES string of the molecule is CCOc1cc(NCc2ccc(C)o2)nc(C)n1. The van der Waals surface area contributed by atoms with Crippen LogP contribution in [0.15, 0.2) is 22.6 Å². The van der Waals surface area contributed by atoms with Crippen molar-refractivity contribution in [3.8, 4) is 5.88 Å². The summed E-state index contributed by atoms with van der Waals surface area (Å²) in [6.07, 6.45) is 0. The zero-order valence-electron chi connectivity index (χ0n) is 10.9. The number of furan rings is 1. The second-order valence-corrected chi connectivity index (χ2v) is 3.94. The molecule has 0 unspecified atom stereocenters. The van der Waals surface area contributed by atoms with E-state index in [1.807, 2.05) is 32.9 Å². The third kappa shape index (κ3) is 3.23. The average Bonchev–Trinajstić information content (AvgIpc) is 2.72. The standard InChI is InChI=1S/C13H17N3O2/c1-4-17-13-7-12(15-10(3)16-13)14-8-11-6-5-9(2)18-11/h5-7H,4,8H2,1-3H3,(H,14,15,16). The first kappa shape index (κ1) is 12.4. The maximum absolute atomic E-state index is 5.48. The molecule has 5 heteroatoms. The van der Waals surface area contributed by atoms with Crippen molar-refractivity contribution >= 4 is 5.82 Å². The minimum Gasteiger partial charge on any atom is -0.478 e. The summed E-state index contributed by atoms with van der Waals surface area (Å²) in [6.45, 7) is 6.87. The number of hydrogen-bond acceptors (Lipinski definition) is 5. The van der Waals surface area contributed by atoms with Gasteiger partial charge in [-0.1, -0.05) is 0 Å². The first-order valence-corrected chi connectivity index (χ1v) is 5.95. The first-order valence-electron chi connectivity index (χ1n) is 5.95. The highest BCUT2D eigenvalue weighted by molar-refractivity contribution is 5.38. The third-order valence-corrected chi connectivity index (χ3v) is 2.35. The van der Waals surface area contributed by atoms with Crippen molar-refractivity contribution < 1.29 is 9.15 Å². The molecule has 5 nitrogen and oxygen atoms in total. The Labute approximate surface area is 106 Å². The summed E-state index contributed by atoms with van der Waals surface area (Å²) in [6, 6.07) is 5.67. The van der Waals surface area contributed by atoms with Crippen molar-refractivity contribution in [3.63, 3.8) is 0 Å². The number of rotatable bonds is 5. The van der Waals surface area contributed by atoms with Gasteiger partial charge in [-0.15, -0.1) is 0 Å². The summed E-state index contributed by atoms with van der Waals surface area (Å²) in [5.74, 6) is 3.78. The monoisotopic (exact) mass is 247 g/mol. The fraction of sp³-hybridized carbons (Fsp3) is 0.385. The molecule has 96 valence electrons. The van der Waals surface area contributed by atoms with Gasteiger partial charge in [0.2, 0.25) is 5.88 Å². The summed E-state index contributed by atoms with van der Waals surface area (Å²) in [7, 11) is 0. The lowest BCUT2D eigenvalue weighted by Crippen LogP contribution is -2.04. The molecule has 1 N–H and O–H groups in total. The smallest absolute Gasteiger partial charge is 0.218 e. The Morgan fingerprint density at radius 1 is 1.28 bits per heavy atom. The van der Waals surface area contributed by atoms with Gasteiger partial charge in [-0.25, -0.2) is 4.98 Å². The molecule has 0 aliphatic carbocycles. The van der Waals surface area contributed by atoms with Gasteiger partial charge < -0.3 is 14.5 Å². The van der Waals surface area contributed by atoms with Crippen LogP contribution in [0.3, 0.4) is 0 Å². The van der Waals surface area contributed by atoms with E-state index in [0.717, 1.165) is 17.3 Å². The largest absolute Gasteiger partial charge is 0.478 e. The van der Waals surface area contributed by atoms with Gasteiger partial charge >= 0.3 is 0 Å². The molecule has 0 aliphatic heterocycles. The van der Waals surface area contributed by atoms with Crippen molar-refractivity contribution in [2.45, 2.75) is 27.3 Å². The Morgan fingerprint density at radius 3 is 2.78 bits per heavy atom. The summed E-state index contributed by atoms with van der Waals surface area (Å²) < 4.78 is 10.8. The predicted molar refractivity (Wildman–Crippen MR) is 68.7 cm³/mol. The van der Waals surface area contributed by atoms with Gasteiger partial charge in [0.25, 0.3) is 0 Å². The number of nitrogens with zero attached hydrogens (tertiary/aromatic N) is 2. The summed E-state index contributed by atoms with van der Waals surface area (Å²) in [5, 5.41) is 3.19. The molecular formula is C13H17N3O2. The van der Waals surface area contributed by atoms with Crippen LogP contribution >= 0.6 is 0 Å². The van der Waals surface area contributed by atoms with Crippen molar-refractivity contribution in [1.29, 1.82) is 0 Å². The number of anilines is 1. The lowest BCUT2D eigenvalue weighted by Gasteiger charge is -2.07. The number of ether oxygens (including phenoxy) is 1. The van der Waals surface area contributed by atoms with E-state index in [-0.39, 0.29) is 0 Å². The molecule has 2 heterocycles. The van der Waals surface area contributed by atoms with E-state index in [1.165, 1.54) is 0 Å². The van der Waals surface area contributed by atoms with Crippen LogP contribution < -0.4 is 10.1 Å². The van der Waals surface area contributed by atoms with Crippen molar-refractivity contribution in [2.75, 3.05) is 11.9 Å². The van der Waals surface area contributed by atoms with Crippen molar-refractivity contribution in [2.24, 2.45) is 0 Å². The molecule has 2 aromatic heterocycles. The van der Waals surface area contributed by atoms with E-state index in [1.54, 1.807) is 6.07 Å². The third-order valence-electron chi connectivity index (χ3n) is 2.35. The van der Waals surface area contributed by atoms with Crippen molar-refractivity contribution in [3.05, 3.63) is 35.5 Å². The Hall–Kier alpha value is -2.04. The van der Waals surface area contributed by atoms with Gasteiger partial charge in [0, 0.05) is 6.07 Å². The molecule has 0 saturated carbocycles. The average molecular weight is 247 g/mol. The molecule has 2 aromatic rings. The Balaban J connectivity index is 2.04. The van der Waals surface area contributed by atoms with Gasteiger partial charge in [0.15, 0.2) is 0 Å². The zero-order valence-corrected chi connectivity index (χ0v) is 10.9. The highest BCUT2D eigenvalue weighted by Gasteiger charge is 2.03. The Bertz CT molecular complexity index is 523. The molecule has 0 aliphatic rings. The van der Waals surface area contributed by atoms with Crippen LogP contribution in [-0.2, 0) is 6.54 Å². The second-order valence-electron chi connectivity index (χ2n) is 3.94. The van der Waals surface area contributed by atoms with Crippen LogP contribution in [0.2, 0.25) is 0 Å². The minimum absolute atomic E-state index is 0.586. The summed E-state index contributed by atoms with van der Waals surface area (Å²) >= 11 is 0. The van der Waals surface area contributed by atoms with Gasteiger partial charge in [0.1, 0.15) is 23.2 Å². The van der Waals surface area contributed by atoms with E-state index in [0.29, 0.717) is 24.9 Å². The van der Waals surface area contributed by atoms with Gasteiger partial charge in [-0.05, 0) is 32.9 Å². The summed E-state index contributed by atoms with van der Waals surface area (Å²) in [4.78, 5) is 8.48. The van der Waals surface area contributed by atoms with Crippen LogP contribution in [-0.4, -0.2) is 16.6 Å². The predicted octanol–water partition coefficient (Wildman–Crippen LogP) is 2.70. The maximum atomic E-state index is 5.48. The number of aryl methyl sites for hydroxylation is 2. The van der Waals surface area contributed by atoms with Gasteiger partial charge in [-0.2, -0.15) is 4.98 Å². The van der Waals surface area contributed by atoms with Crippen LogP contribution in [0.4, 0.5) is 5.82 Å². The number of aromatic nitrogens is 2. The first-order chi connectivity index (χ1) is 8.67. The molecule has 0 amide bonds. The quantitative estimate of drug-likeness (QED) is 0.880. The lowest BCUT2D eigenvalue weighted by atomic mass is 10.4. The Morgan fingerprint density at radius 2 is 2.11 bits per heavy atom. The molecule has 18 heavy (non-hydrogen) atoms. The molecule has 0 radical (unpaired) electrons. The lowest BCUT2D eigenvalue weighted by molar-refractivity contribution is 0.325. The van der Waals surface area contributed by atoms with Gasteiger partial charge in [0.05, 0.1) is 13.2 Å². The van der Waals surface area contributed by atoms with E-state index in [9.17, 15) is 0 Å². The number of nitrogens with one attached hydrogen (secondary N) is 1. The highest BCUT2D eigenvalue weighted by atomic mass is 16.5. The van der Waals surface area contributed by atoms with Crippen LogP contribution in [0.5, 0.6) is 5.88 Å². The normalized spacial score (nSPS) is 10.4. The fourth-order valence-electron chi connectivity index (χ4n) is 1.61. The molecule has 0 bridgehead atoms. The molecule has 0 atom stereocenters. The van der Waals surface area contributed by atoms with Crippen LogP contribution in [0.1, 0.15) is 24.3 Å². The zero-order chi connectivity index (χ0) is 13.0. The van der Waals surface area contributed by atoms with Gasteiger partial charge in [-0.3, -0.25) is 0 Å². The van der Waals surface area contributed by atoms with Crippen LogP contribution in [0.25, 0.3) is 0 Å². The molecule has 2 rings (SSSR count). The molecule has 0 saturated heterocycles. The molecule has 0 aromatic carbocycles. The van der Waals surface area contributed by atoms with E-state index in [4.69, 9.17) is 9.15 Å². The molecule has 0 fully saturated rings. The second kappa shape index (κ2) is 5.53. The molecule has 0 spiro atoms. The van der Waals surface area contributed by atoms with E-state index >= 15 is 0 Å². The topological polar surface area (TPSA) is 60.2 Å². The number of hydrogen-bond donors (Lipinski definition) is 1. The fourth-order valence-corrected chi connectivity index (χ4v) is 1.61. The molecular weight excluding hydrogens is 230 g/mol. The van der Waals surface area contributed by atoms with Crippen molar-refractivity contribution in [1.82, 2.24) is 9.97 Å². The highest BCUT2D eigenvalue weighted by Crippen LogP contribution is 2.15.